The molecular weight excluding hydrogens is 292 g/mol. The maximum atomic E-state index is 12.1. The predicted molar refractivity (Wildman–Crippen MR) is 93.2 cm³/mol. The summed E-state index contributed by atoms with van der Waals surface area (Å²) in [5.41, 5.74) is 2.94. The van der Waals surface area contributed by atoms with Crippen LogP contribution >= 0.6 is 11.8 Å². The van der Waals surface area contributed by atoms with Crippen molar-refractivity contribution in [3.05, 3.63) is 35.4 Å². The van der Waals surface area contributed by atoms with Gasteiger partial charge in [-0.25, -0.2) is 0 Å². The molecule has 4 heteroatoms. The third-order valence-electron chi connectivity index (χ3n) is 4.66. The number of carbonyl (C=O) groups excluding carboxylic acids is 1. The molecule has 0 aliphatic carbocycles. The summed E-state index contributed by atoms with van der Waals surface area (Å²) in [4.78, 5) is 14.2. The van der Waals surface area contributed by atoms with Crippen molar-refractivity contribution in [2.45, 2.75) is 38.8 Å². The summed E-state index contributed by atoms with van der Waals surface area (Å²) in [5.74, 6) is 2.73. The third kappa shape index (κ3) is 3.49. The minimum absolute atomic E-state index is 0.105. The van der Waals surface area contributed by atoms with Crippen molar-refractivity contribution in [2.24, 2.45) is 5.92 Å². The quantitative estimate of drug-likeness (QED) is 0.930. The van der Waals surface area contributed by atoms with Crippen LogP contribution < -0.4 is 5.32 Å². The lowest BCUT2D eigenvalue weighted by Gasteiger charge is -2.24. The van der Waals surface area contributed by atoms with Crippen LogP contribution in [0.25, 0.3) is 0 Å². The zero-order valence-corrected chi connectivity index (χ0v) is 14.4. The number of benzene rings is 1. The molecule has 1 aromatic rings. The molecule has 0 saturated carbocycles. The second-order valence-corrected chi connectivity index (χ2v) is 7.82. The van der Waals surface area contributed by atoms with Crippen LogP contribution in [0.5, 0.6) is 0 Å². The van der Waals surface area contributed by atoms with Gasteiger partial charge in [0.2, 0.25) is 5.91 Å². The van der Waals surface area contributed by atoms with E-state index in [1.54, 1.807) is 0 Å². The first-order valence-corrected chi connectivity index (χ1v) is 9.51. The lowest BCUT2D eigenvalue weighted by molar-refractivity contribution is -0.133. The summed E-state index contributed by atoms with van der Waals surface area (Å²) in [6, 6.07) is 9.67. The van der Waals surface area contributed by atoms with Gasteiger partial charge in [-0.2, -0.15) is 11.8 Å². The normalized spacial score (nSPS) is 25.1. The van der Waals surface area contributed by atoms with Gasteiger partial charge >= 0.3 is 0 Å². The van der Waals surface area contributed by atoms with Gasteiger partial charge in [-0.05, 0) is 29.7 Å². The van der Waals surface area contributed by atoms with Gasteiger partial charge in [-0.1, -0.05) is 38.1 Å². The zero-order chi connectivity index (χ0) is 15.5. The van der Waals surface area contributed by atoms with E-state index in [-0.39, 0.29) is 5.92 Å². The standard InChI is InChI=1S/C18H26N2OS/c1-13(2)18(21)20-9-7-15(11-20)19-17-12-22-10-8-14-5-3-4-6-16(14)17/h3-6,13,15,17,19H,7-12H2,1-2H3. The number of likely N-dealkylation sites (tertiary alicyclic amines) is 1. The molecule has 2 aliphatic heterocycles. The average molecular weight is 318 g/mol. The number of thioether (sulfide) groups is 1. The lowest BCUT2D eigenvalue weighted by atomic mass is 9.99. The second-order valence-electron chi connectivity index (χ2n) is 6.67. The highest BCUT2D eigenvalue weighted by molar-refractivity contribution is 7.99. The Labute approximate surface area is 137 Å². The number of hydrogen-bond acceptors (Lipinski definition) is 3. The molecule has 3 nitrogen and oxygen atoms in total. The van der Waals surface area contributed by atoms with Gasteiger partial charge in [-0.15, -0.1) is 0 Å². The topological polar surface area (TPSA) is 32.3 Å². The molecule has 1 saturated heterocycles. The molecular formula is C18H26N2OS. The van der Waals surface area contributed by atoms with Crippen molar-refractivity contribution in [1.82, 2.24) is 10.2 Å². The molecule has 0 bridgehead atoms. The molecule has 1 amide bonds. The van der Waals surface area contributed by atoms with Crippen LogP contribution in [0.2, 0.25) is 0 Å². The minimum Gasteiger partial charge on any atom is -0.341 e. The summed E-state index contributed by atoms with van der Waals surface area (Å²) >= 11 is 2.03. The SMILES string of the molecule is CC(C)C(=O)N1CCC(NC2CSCCc3ccccc32)C1. The van der Waals surface area contributed by atoms with Crippen LogP contribution in [0.4, 0.5) is 0 Å². The Bertz CT molecular complexity index is 532. The molecule has 1 aromatic carbocycles. The smallest absolute Gasteiger partial charge is 0.225 e. The van der Waals surface area contributed by atoms with E-state index in [2.05, 4.69) is 29.6 Å². The van der Waals surface area contributed by atoms with Crippen molar-refractivity contribution < 1.29 is 4.79 Å². The monoisotopic (exact) mass is 318 g/mol. The number of nitrogens with one attached hydrogen (secondary N) is 1. The average Bonchev–Trinajstić information content (AvgIpc) is 2.88. The number of carbonyl (C=O) groups is 1. The van der Waals surface area contributed by atoms with Crippen LogP contribution in [0.3, 0.4) is 0 Å². The van der Waals surface area contributed by atoms with Crippen molar-refractivity contribution in [1.29, 1.82) is 0 Å². The fraction of sp³-hybridized carbons (Fsp3) is 0.611. The van der Waals surface area contributed by atoms with Crippen LogP contribution in [0.15, 0.2) is 24.3 Å². The van der Waals surface area contributed by atoms with E-state index in [9.17, 15) is 4.79 Å². The molecule has 120 valence electrons. The van der Waals surface area contributed by atoms with Gasteiger partial charge in [0, 0.05) is 36.8 Å². The molecule has 0 aromatic heterocycles. The van der Waals surface area contributed by atoms with Gasteiger partial charge in [0.1, 0.15) is 0 Å². The molecule has 1 fully saturated rings. The summed E-state index contributed by atoms with van der Waals surface area (Å²) in [6.45, 7) is 5.74. The highest BCUT2D eigenvalue weighted by Crippen LogP contribution is 2.28. The Morgan fingerprint density at radius 2 is 2.18 bits per heavy atom. The van der Waals surface area contributed by atoms with Crippen LogP contribution in [-0.2, 0) is 11.2 Å². The molecule has 1 N–H and O–H groups in total. The summed E-state index contributed by atoms with van der Waals surface area (Å²) < 4.78 is 0. The van der Waals surface area contributed by atoms with E-state index >= 15 is 0 Å². The molecule has 2 unspecified atom stereocenters. The Morgan fingerprint density at radius 3 is 3.00 bits per heavy atom. The number of amides is 1. The van der Waals surface area contributed by atoms with Crippen LogP contribution in [-0.4, -0.2) is 41.4 Å². The number of rotatable bonds is 3. The highest BCUT2D eigenvalue weighted by atomic mass is 32.2. The summed E-state index contributed by atoms with van der Waals surface area (Å²) in [6.07, 6.45) is 2.24. The van der Waals surface area contributed by atoms with E-state index in [4.69, 9.17) is 0 Å². The maximum Gasteiger partial charge on any atom is 0.225 e. The van der Waals surface area contributed by atoms with Gasteiger partial charge in [-0.3, -0.25) is 4.79 Å². The summed E-state index contributed by atoms with van der Waals surface area (Å²) in [7, 11) is 0. The molecule has 22 heavy (non-hydrogen) atoms. The van der Waals surface area contributed by atoms with Gasteiger partial charge in [0.05, 0.1) is 0 Å². The fourth-order valence-corrected chi connectivity index (χ4v) is 4.50. The number of nitrogens with zero attached hydrogens (tertiary/aromatic N) is 1. The van der Waals surface area contributed by atoms with Crippen molar-refractivity contribution in [3.8, 4) is 0 Å². The van der Waals surface area contributed by atoms with Crippen LogP contribution in [0, 0.1) is 5.92 Å². The number of fused-ring (bicyclic) bond motifs is 1. The van der Waals surface area contributed by atoms with Gasteiger partial charge in [0.15, 0.2) is 0 Å². The first kappa shape index (κ1) is 15.9. The van der Waals surface area contributed by atoms with Crippen molar-refractivity contribution >= 4 is 17.7 Å². The summed E-state index contributed by atoms with van der Waals surface area (Å²) in [5, 5.41) is 3.82. The van der Waals surface area contributed by atoms with E-state index in [0.717, 1.165) is 25.3 Å². The molecule has 2 heterocycles. The largest absolute Gasteiger partial charge is 0.341 e. The molecule has 2 aliphatic rings. The Balaban J connectivity index is 1.65. The third-order valence-corrected chi connectivity index (χ3v) is 5.72. The predicted octanol–water partition coefficient (Wildman–Crippen LogP) is 2.86. The Hall–Kier alpha value is -1.00. The van der Waals surface area contributed by atoms with E-state index in [1.165, 1.54) is 23.3 Å². The van der Waals surface area contributed by atoms with Gasteiger partial charge in [0.25, 0.3) is 0 Å². The van der Waals surface area contributed by atoms with Crippen molar-refractivity contribution in [3.63, 3.8) is 0 Å². The fourth-order valence-electron chi connectivity index (χ4n) is 3.46. The zero-order valence-electron chi connectivity index (χ0n) is 13.5. The number of hydrogen-bond donors (Lipinski definition) is 1. The number of aryl methyl sites for hydroxylation is 1. The molecule has 3 rings (SSSR count). The molecule has 2 atom stereocenters. The van der Waals surface area contributed by atoms with E-state index < -0.39 is 0 Å². The first-order chi connectivity index (χ1) is 10.6. The Kier molecular flexibility index (Phi) is 5.09. The second kappa shape index (κ2) is 7.05. The minimum atomic E-state index is 0.105. The van der Waals surface area contributed by atoms with E-state index in [0.29, 0.717) is 18.0 Å². The van der Waals surface area contributed by atoms with Crippen LogP contribution in [0.1, 0.15) is 37.4 Å². The molecule has 0 spiro atoms. The van der Waals surface area contributed by atoms with Gasteiger partial charge < -0.3 is 10.2 Å². The molecule has 0 radical (unpaired) electrons. The highest BCUT2D eigenvalue weighted by Gasteiger charge is 2.30. The Morgan fingerprint density at radius 1 is 1.36 bits per heavy atom. The first-order valence-electron chi connectivity index (χ1n) is 8.35. The van der Waals surface area contributed by atoms with E-state index in [1.807, 2.05) is 30.5 Å². The maximum absolute atomic E-state index is 12.1. The lowest BCUT2D eigenvalue weighted by Crippen LogP contribution is -2.39. The van der Waals surface area contributed by atoms with Crippen molar-refractivity contribution in [2.75, 3.05) is 24.6 Å².